The molecule has 1 heterocycles. The average Bonchev–Trinajstić information content (AvgIpc) is 3.16. The van der Waals surface area contributed by atoms with Crippen LogP contribution in [-0.2, 0) is 10.0 Å². The number of rotatable bonds is 4. The van der Waals surface area contributed by atoms with Crippen molar-refractivity contribution in [2.45, 2.75) is 17.7 Å². The van der Waals surface area contributed by atoms with Crippen LogP contribution < -0.4 is 4.31 Å². The van der Waals surface area contributed by atoms with Crippen LogP contribution in [0.1, 0.15) is 23.2 Å². The molecule has 6 heteroatoms. The Morgan fingerprint density at radius 3 is 2.21 bits per heavy atom. The van der Waals surface area contributed by atoms with Crippen molar-refractivity contribution in [2.24, 2.45) is 0 Å². The lowest BCUT2D eigenvalue weighted by Crippen LogP contribution is -2.32. The molecular weight excluding hydrogens is 324 g/mol. The molecule has 0 saturated carbocycles. The SMILES string of the molecule is CN(c1ccccc1)S(=O)(=O)c1ccccc1C(=O)N1CCCC1. The van der Waals surface area contributed by atoms with Crippen molar-refractivity contribution in [1.82, 2.24) is 4.90 Å². The molecule has 5 nitrogen and oxygen atoms in total. The van der Waals surface area contributed by atoms with Crippen LogP contribution in [0.3, 0.4) is 0 Å². The number of benzene rings is 2. The Hall–Kier alpha value is -2.34. The number of nitrogens with zero attached hydrogens (tertiary/aromatic N) is 2. The maximum absolute atomic E-state index is 13.0. The Labute approximate surface area is 142 Å². The number of anilines is 1. The van der Waals surface area contributed by atoms with Gasteiger partial charge in [-0.25, -0.2) is 8.42 Å². The van der Waals surface area contributed by atoms with E-state index in [2.05, 4.69) is 0 Å². The molecule has 126 valence electrons. The lowest BCUT2D eigenvalue weighted by atomic mass is 10.2. The summed E-state index contributed by atoms with van der Waals surface area (Å²) in [6.07, 6.45) is 1.93. The van der Waals surface area contributed by atoms with Crippen molar-refractivity contribution in [3.05, 3.63) is 60.2 Å². The summed E-state index contributed by atoms with van der Waals surface area (Å²) < 4.78 is 27.3. The van der Waals surface area contributed by atoms with E-state index in [4.69, 9.17) is 0 Å². The zero-order chi connectivity index (χ0) is 17.2. The molecule has 0 unspecified atom stereocenters. The Morgan fingerprint density at radius 1 is 0.958 bits per heavy atom. The fourth-order valence-corrected chi connectivity index (χ4v) is 4.26. The summed E-state index contributed by atoms with van der Waals surface area (Å²) in [6.45, 7) is 1.36. The van der Waals surface area contributed by atoms with Gasteiger partial charge in [0.2, 0.25) is 0 Å². The smallest absolute Gasteiger partial charge is 0.264 e. The van der Waals surface area contributed by atoms with E-state index in [1.165, 1.54) is 17.4 Å². The van der Waals surface area contributed by atoms with Gasteiger partial charge >= 0.3 is 0 Å². The van der Waals surface area contributed by atoms with Gasteiger partial charge in [0.15, 0.2) is 0 Å². The third-order valence-corrected chi connectivity index (χ3v) is 6.11. The van der Waals surface area contributed by atoms with Crippen molar-refractivity contribution < 1.29 is 13.2 Å². The second kappa shape index (κ2) is 6.65. The van der Waals surface area contributed by atoms with E-state index in [9.17, 15) is 13.2 Å². The highest BCUT2D eigenvalue weighted by Crippen LogP contribution is 2.26. The minimum atomic E-state index is -3.81. The lowest BCUT2D eigenvalue weighted by Gasteiger charge is -2.22. The van der Waals surface area contributed by atoms with Crippen molar-refractivity contribution in [1.29, 1.82) is 0 Å². The number of likely N-dealkylation sites (tertiary alicyclic amines) is 1. The van der Waals surface area contributed by atoms with Gasteiger partial charge in [-0.1, -0.05) is 30.3 Å². The van der Waals surface area contributed by atoms with Crippen LogP contribution in [0, 0.1) is 0 Å². The minimum absolute atomic E-state index is 0.0493. The molecule has 3 rings (SSSR count). The molecule has 0 bridgehead atoms. The van der Waals surface area contributed by atoms with Gasteiger partial charge in [-0.2, -0.15) is 0 Å². The third-order valence-electron chi connectivity index (χ3n) is 4.27. The van der Waals surface area contributed by atoms with Crippen LogP contribution in [0.5, 0.6) is 0 Å². The van der Waals surface area contributed by atoms with Gasteiger partial charge in [-0.3, -0.25) is 9.10 Å². The molecule has 2 aromatic carbocycles. The third kappa shape index (κ3) is 3.01. The first-order valence-corrected chi connectivity index (χ1v) is 9.38. The van der Waals surface area contributed by atoms with Crippen molar-refractivity contribution in [3.63, 3.8) is 0 Å². The zero-order valence-electron chi connectivity index (χ0n) is 13.6. The highest BCUT2D eigenvalue weighted by molar-refractivity contribution is 7.92. The lowest BCUT2D eigenvalue weighted by molar-refractivity contribution is 0.0789. The summed E-state index contributed by atoms with van der Waals surface area (Å²) in [6, 6.07) is 15.3. The minimum Gasteiger partial charge on any atom is -0.339 e. The molecule has 0 N–H and O–H groups in total. The molecule has 0 aliphatic carbocycles. The second-order valence-electron chi connectivity index (χ2n) is 5.80. The maximum Gasteiger partial charge on any atom is 0.264 e. The molecule has 0 aromatic heterocycles. The van der Waals surface area contributed by atoms with E-state index < -0.39 is 10.0 Å². The van der Waals surface area contributed by atoms with Crippen LogP contribution in [0.2, 0.25) is 0 Å². The first kappa shape index (κ1) is 16.5. The summed E-state index contributed by atoms with van der Waals surface area (Å²) in [5, 5.41) is 0. The van der Waals surface area contributed by atoms with Crippen LogP contribution >= 0.6 is 0 Å². The summed E-state index contributed by atoms with van der Waals surface area (Å²) in [5.41, 5.74) is 0.795. The van der Waals surface area contributed by atoms with Crippen LogP contribution in [0.25, 0.3) is 0 Å². The van der Waals surface area contributed by atoms with Crippen LogP contribution in [0.4, 0.5) is 5.69 Å². The van der Waals surface area contributed by atoms with E-state index in [-0.39, 0.29) is 16.4 Å². The number of sulfonamides is 1. The highest BCUT2D eigenvalue weighted by atomic mass is 32.2. The molecule has 24 heavy (non-hydrogen) atoms. The van der Waals surface area contributed by atoms with E-state index >= 15 is 0 Å². The monoisotopic (exact) mass is 344 g/mol. The van der Waals surface area contributed by atoms with E-state index in [0.717, 1.165) is 12.8 Å². The van der Waals surface area contributed by atoms with Gasteiger partial charge < -0.3 is 4.90 Å². The molecule has 0 spiro atoms. The first-order valence-electron chi connectivity index (χ1n) is 7.94. The van der Waals surface area contributed by atoms with E-state index in [1.54, 1.807) is 47.4 Å². The number of carbonyl (C=O) groups excluding carboxylic acids is 1. The summed E-state index contributed by atoms with van der Waals surface area (Å²) in [5.74, 6) is -0.215. The van der Waals surface area contributed by atoms with E-state index in [0.29, 0.717) is 18.8 Å². The van der Waals surface area contributed by atoms with Gasteiger partial charge in [0, 0.05) is 20.1 Å². The fourth-order valence-electron chi connectivity index (χ4n) is 2.88. The molecule has 2 aromatic rings. The summed E-state index contributed by atoms with van der Waals surface area (Å²) in [7, 11) is -2.31. The number of amides is 1. The molecule has 1 amide bonds. The molecule has 1 saturated heterocycles. The Bertz CT molecular complexity index is 828. The average molecular weight is 344 g/mol. The van der Waals surface area contributed by atoms with Gasteiger partial charge in [-0.05, 0) is 37.1 Å². The van der Waals surface area contributed by atoms with Crippen LogP contribution in [0.15, 0.2) is 59.5 Å². The molecule has 1 fully saturated rings. The maximum atomic E-state index is 13.0. The van der Waals surface area contributed by atoms with E-state index in [1.807, 2.05) is 6.07 Å². The Kier molecular flexibility index (Phi) is 4.57. The Balaban J connectivity index is 2.01. The zero-order valence-corrected chi connectivity index (χ0v) is 14.4. The molecule has 1 aliphatic heterocycles. The normalized spacial score (nSPS) is 14.6. The second-order valence-corrected chi connectivity index (χ2v) is 7.74. The summed E-state index contributed by atoms with van der Waals surface area (Å²) >= 11 is 0. The van der Waals surface area contributed by atoms with Gasteiger partial charge in [0.25, 0.3) is 15.9 Å². The largest absolute Gasteiger partial charge is 0.339 e. The standard InChI is InChI=1S/C18H20N2O3S/c1-19(15-9-3-2-4-10-15)24(22,23)17-12-6-5-11-16(17)18(21)20-13-7-8-14-20/h2-6,9-12H,7-8,13-14H2,1H3. The van der Waals surface area contributed by atoms with Crippen LogP contribution in [-0.4, -0.2) is 39.4 Å². The highest BCUT2D eigenvalue weighted by Gasteiger charge is 2.29. The van der Waals surface area contributed by atoms with Gasteiger partial charge in [0.1, 0.15) is 4.90 Å². The Morgan fingerprint density at radius 2 is 1.54 bits per heavy atom. The van der Waals surface area contributed by atoms with Crippen molar-refractivity contribution in [3.8, 4) is 0 Å². The molecular formula is C18H20N2O3S. The number of hydrogen-bond acceptors (Lipinski definition) is 3. The quantitative estimate of drug-likeness (QED) is 0.857. The summed E-state index contributed by atoms with van der Waals surface area (Å²) in [4.78, 5) is 14.5. The predicted octanol–water partition coefficient (Wildman–Crippen LogP) is 2.75. The fraction of sp³-hybridized carbons (Fsp3) is 0.278. The van der Waals surface area contributed by atoms with Crippen molar-refractivity contribution >= 4 is 21.6 Å². The molecule has 1 aliphatic rings. The predicted molar refractivity (Wildman–Crippen MR) is 93.6 cm³/mol. The number of carbonyl (C=O) groups is 1. The van der Waals surface area contributed by atoms with Crippen molar-refractivity contribution in [2.75, 3.05) is 24.4 Å². The number of para-hydroxylation sites is 1. The molecule has 0 radical (unpaired) electrons. The number of hydrogen-bond donors (Lipinski definition) is 0. The van der Waals surface area contributed by atoms with Gasteiger partial charge in [-0.15, -0.1) is 0 Å². The van der Waals surface area contributed by atoms with Gasteiger partial charge in [0.05, 0.1) is 11.3 Å². The first-order chi connectivity index (χ1) is 11.5. The molecule has 0 atom stereocenters. The topological polar surface area (TPSA) is 57.7 Å².